The van der Waals surface area contributed by atoms with Crippen molar-refractivity contribution < 1.29 is 133 Å². The zero-order chi connectivity index (χ0) is 64.5. The number of aliphatic hydroxyl groups excluding tert-OH is 12. The van der Waals surface area contributed by atoms with Crippen LogP contribution in [0.2, 0.25) is 0 Å². The Labute approximate surface area is 508 Å². The highest BCUT2D eigenvalue weighted by molar-refractivity contribution is 5.94. The maximum Gasteiger partial charge on any atom is 0.251 e. The van der Waals surface area contributed by atoms with Gasteiger partial charge in [0.05, 0.1) is 39.6 Å². The minimum absolute atomic E-state index is 0.0716. The Balaban J connectivity index is 1.18. The third-order valence-corrected chi connectivity index (χ3v) is 15.9. The normalized spacial score (nSPS) is 37.7. The van der Waals surface area contributed by atoms with Crippen molar-refractivity contribution in [2.75, 3.05) is 39.6 Å². The van der Waals surface area contributed by atoms with Crippen molar-refractivity contribution in [2.24, 2.45) is 0 Å². The number of aliphatic hydroxyl groups is 12. The van der Waals surface area contributed by atoms with E-state index in [9.17, 15) is 85.3 Å². The van der Waals surface area contributed by atoms with E-state index in [1.807, 2.05) is 0 Å². The summed E-state index contributed by atoms with van der Waals surface area (Å²) < 4.78 is 59.9. The number of unbranched alkanes of at least 4 members (excludes halogenated alkanes) is 8. The Hall–Kier alpha value is -4.47. The van der Waals surface area contributed by atoms with Gasteiger partial charge in [0.2, 0.25) is 23.6 Å². The van der Waals surface area contributed by atoms with Gasteiger partial charge in [-0.15, -0.1) is 0 Å². The Bertz CT molecular complexity index is 2350. The van der Waals surface area contributed by atoms with Gasteiger partial charge in [0.15, 0.2) is 31.5 Å². The van der Waals surface area contributed by atoms with Crippen molar-refractivity contribution in [1.29, 1.82) is 0 Å². The van der Waals surface area contributed by atoms with Gasteiger partial charge >= 0.3 is 0 Å². The lowest BCUT2D eigenvalue weighted by molar-refractivity contribution is -0.367. The van der Waals surface area contributed by atoms with Gasteiger partial charge in [0.1, 0.15) is 128 Å². The second-order valence-electron chi connectivity index (χ2n) is 22.6. The Morgan fingerprint density at radius 1 is 0.420 bits per heavy atom. The number of carbonyl (C=O) groups is 5. The zero-order valence-corrected chi connectivity index (χ0v) is 49.8. The standard InChI is InChI=1S/C56H91N5O27/c1-6-7-8-9-10-11-12-13-14-18-79-30-17-15-16-29(19-30)51(77)61-37-42(72)41(71)31(20-62)81-53(37)86-48-33(22-64)83-55(39(44(48)74)59-27(4)69)88-50-35(24-66)84-56(40(46(50)76)60-28(5)70)87-49-34(23-65)82-54(38(45(49)75)58-26(3)68)85-47-32(21-63)80-52(78)36(43(47)73)57-25(2)67/h15-17,19,31-50,52-56,62-66,71-76,78H,6-14,18,20-24H2,1-5H3,(H,57,67)(H,58,68)(H,59,69)(H,60,70)(H,61,77)/t31?,32?,33-,34-,35?,36-,37?,38?,39?,40-,41+,42+,43+,44?,45?,46+,47?,48+,49+,50?,52?,53-,54-,55-,56-/m0/s1. The SMILES string of the molecule is CCCCCCCCCCCOc1cccc(C(=O)NC2[C@H](O[C@H]3C(O)C(NC(C)=O)[C@H](OC4C(CO)O[C@@H](O[C@H]5C(O)C(NC(C)=O)[C@H](OC6C(CO)OC(O)[C@@H](NC(C)=O)[C@H]6O)O[C@H]5CO)[C@@H](NC(C)=O)[C@H]4O)O[C@H]3CO)OC(CO)[C@@H](O)[C@@H]2O)c1. The maximum atomic E-state index is 13.9. The molecule has 0 bridgehead atoms. The molecule has 5 fully saturated rings. The van der Waals surface area contributed by atoms with Crippen LogP contribution in [0, 0.1) is 0 Å². The van der Waals surface area contributed by atoms with Crippen molar-refractivity contribution >= 4 is 29.5 Å². The molecule has 11 unspecified atom stereocenters. The molecular formula is C56H91N5O27. The van der Waals surface area contributed by atoms with Crippen LogP contribution in [0.4, 0.5) is 0 Å². The molecule has 0 radical (unpaired) electrons. The molecule has 5 heterocycles. The lowest BCUT2D eigenvalue weighted by Crippen LogP contribution is -2.72. The topological polar surface area (TPSA) is 481 Å². The van der Waals surface area contributed by atoms with Crippen molar-refractivity contribution in [3.05, 3.63) is 29.8 Å². The number of rotatable bonds is 30. The predicted octanol–water partition coefficient (Wildman–Crippen LogP) is -6.00. The molecule has 5 saturated heterocycles. The summed E-state index contributed by atoms with van der Waals surface area (Å²) in [7, 11) is 0. The second kappa shape index (κ2) is 34.8. The molecule has 1 aromatic rings. The molecule has 5 amide bonds. The van der Waals surface area contributed by atoms with Crippen LogP contribution in [0.1, 0.15) is 103 Å². The van der Waals surface area contributed by atoms with E-state index in [4.69, 9.17) is 47.4 Å². The van der Waals surface area contributed by atoms with Crippen LogP contribution in [0.3, 0.4) is 0 Å². The maximum absolute atomic E-state index is 13.9. The van der Waals surface area contributed by atoms with Crippen LogP contribution >= 0.6 is 0 Å². The molecule has 6 rings (SSSR count). The van der Waals surface area contributed by atoms with Gasteiger partial charge in [-0.25, -0.2) is 0 Å². The fourth-order valence-electron chi connectivity index (χ4n) is 11.4. The van der Waals surface area contributed by atoms with Crippen molar-refractivity contribution in [3.63, 3.8) is 0 Å². The summed E-state index contributed by atoms with van der Waals surface area (Å²) in [5, 5.41) is 145. The minimum Gasteiger partial charge on any atom is -0.494 e. The molecule has 88 heavy (non-hydrogen) atoms. The number of carbonyl (C=O) groups excluding carboxylic acids is 5. The minimum atomic E-state index is -2.03. The van der Waals surface area contributed by atoms with Gasteiger partial charge in [0.25, 0.3) is 5.91 Å². The Morgan fingerprint density at radius 3 is 1.15 bits per heavy atom. The van der Waals surface area contributed by atoms with Gasteiger partial charge in [-0.1, -0.05) is 64.4 Å². The molecular weight excluding hydrogens is 1170 g/mol. The molecule has 5 aliphatic heterocycles. The lowest BCUT2D eigenvalue weighted by atomic mass is 9.93. The molecule has 1 aromatic carbocycles. The molecule has 0 spiro atoms. The molecule has 0 aromatic heterocycles. The molecule has 32 nitrogen and oxygen atoms in total. The van der Waals surface area contributed by atoms with Crippen LogP contribution in [-0.4, -0.2) is 284 Å². The number of amides is 5. The number of nitrogens with one attached hydrogen (secondary N) is 5. The fraction of sp³-hybridized carbons (Fsp3) is 0.804. The summed E-state index contributed by atoms with van der Waals surface area (Å²) >= 11 is 0. The van der Waals surface area contributed by atoms with Gasteiger partial charge in [-0.05, 0) is 24.6 Å². The Kier molecular flexibility index (Phi) is 28.7. The summed E-state index contributed by atoms with van der Waals surface area (Å²) in [4.78, 5) is 64.1. The first-order valence-electron chi connectivity index (χ1n) is 29.8. The molecule has 0 aliphatic carbocycles. The zero-order valence-electron chi connectivity index (χ0n) is 49.8. The fourth-order valence-corrected chi connectivity index (χ4v) is 11.4. The molecule has 32 heteroatoms. The largest absolute Gasteiger partial charge is 0.494 e. The average Bonchev–Trinajstić information content (AvgIpc) is 1.44. The quantitative estimate of drug-likeness (QED) is 0.0319. The predicted molar refractivity (Wildman–Crippen MR) is 297 cm³/mol. The third-order valence-electron chi connectivity index (χ3n) is 15.9. The van der Waals surface area contributed by atoms with Crippen molar-refractivity contribution in [2.45, 2.75) is 246 Å². The summed E-state index contributed by atoms with van der Waals surface area (Å²) in [6, 6.07) is -2.10. The first-order valence-corrected chi connectivity index (χ1v) is 29.8. The highest BCUT2D eigenvalue weighted by Crippen LogP contribution is 2.36. The van der Waals surface area contributed by atoms with Gasteiger partial charge < -0.3 is 135 Å². The molecule has 502 valence electrons. The van der Waals surface area contributed by atoms with Crippen LogP contribution < -0.4 is 31.3 Å². The molecule has 25 atom stereocenters. The third kappa shape index (κ3) is 18.8. The van der Waals surface area contributed by atoms with E-state index in [2.05, 4.69) is 33.5 Å². The smallest absolute Gasteiger partial charge is 0.251 e. The van der Waals surface area contributed by atoms with E-state index in [1.54, 1.807) is 12.1 Å². The Morgan fingerprint density at radius 2 is 0.761 bits per heavy atom. The monoisotopic (exact) mass is 1270 g/mol. The van der Waals surface area contributed by atoms with Crippen LogP contribution in [0.5, 0.6) is 5.75 Å². The highest BCUT2D eigenvalue weighted by Gasteiger charge is 2.58. The van der Waals surface area contributed by atoms with E-state index >= 15 is 0 Å². The van der Waals surface area contributed by atoms with Crippen LogP contribution in [0.25, 0.3) is 0 Å². The number of hydrogen-bond donors (Lipinski definition) is 17. The number of benzene rings is 1. The number of hydrogen-bond acceptors (Lipinski definition) is 27. The number of ether oxygens (including phenoxy) is 10. The molecule has 17 N–H and O–H groups in total. The first-order chi connectivity index (χ1) is 42.0. The van der Waals surface area contributed by atoms with Crippen LogP contribution in [0.15, 0.2) is 24.3 Å². The van der Waals surface area contributed by atoms with E-state index in [0.29, 0.717) is 12.4 Å². The van der Waals surface area contributed by atoms with E-state index in [0.717, 1.165) is 53.4 Å². The summed E-state index contributed by atoms with van der Waals surface area (Å²) in [5.41, 5.74) is 0.0716. The van der Waals surface area contributed by atoms with Gasteiger partial charge in [-0.3, -0.25) is 24.0 Å². The highest BCUT2D eigenvalue weighted by atomic mass is 16.8. The molecule has 0 saturated carbocycles. The van der Waals surface area contributed by atoms with Crippen molar-refractivity contribution in [1.82, 2.24) is 26.6 Å². The van der Waals surface area contributed by atoms with E-state index in [-0.39, 0.29) is 5.56 Å². The van der Waals surface area contributed by atoms with Crippen LogP contribution in [-0.2, 0) is 61.8 Å². The summed E-state index contributed by atoms with van der Waals surface area (Å²) in [5.74, 6) is -3.50. The van der Waals surface area contributed by atoms with Gasteiger partial charge in [-0.2, -0.15) is 0 Å². The second-order valence-corrected chi connectivity index (χ2v) is 22.6. The summed E-state index contributed by atoms with van der Waals surface area (Å²) in [6.45, 7) is 2.10. The van der Waals surface area contributed by atoms with E-state index in [1.165, 1.54) is 44.2 Å². The first kappa shape index (κ1) is 72.6. The van der Waals surface area contributed by atoms with Crippen molar-refractivity contribution in [3.8, 4) is 5.75 Å². The van der Waals surface area contributed by atoms with E-state index < -0.39 is 216 Å². The average molecular weight is 1270 g/mol. The molecule has 5 aliphatic rings. The summed E-state index contributed by atoms with van der Waals surface area (Å²) in [6.07, 6.45) is -25.8. The lowest BCUT2D eigenvalue weighted by Gasteiger charge is -2.51. The van der Waals surface area contributed by atoms with Gasteiger partial charge in [0, 0.05) is 33.3 Å².